The van der Waals surface area contributed by atoms with Gasteiger partial charge in [-0.1, -0.05) is 12.1 Å². The Bertz CT molecular complexity index is 633. The zero-order chi connectivity index (χ0) is 15.1. The number of amides is 1. The second kappa shape index (κ2) is 7.14. The van der Waals surface area contributed by atoms with Crippen molar-refractivity contribution in [3.05, 3.63) is 54.5 Å². The standard InChI is InChI=1S/C15H16N4O2/c1-3-12(13-6-4-5-7-17-13)18-8-11(2)19-15(20)14-9-16-10-21-14/h3-11H,1-2H3,(H,19,20)/b12-3-,18-8?. The summed E-state index contributed by atoms with van der Waals surface area (Å²) in [5.74, 6) is -0.155. The van der Waals surface area contributed by atoms with Gasteiger partial charge >= 0.3 is 0 Å². The van der Waals surface area contributed by atoms with Crippen LogP contribution in [0.25, 0.3) is 5.70 Å². The lowest BCUT2D eigenvalue weighted by Crippen LogP contribution is -2.33. The summed E-state index contributed by atoms with van der Waals surface area (Å²) in [6.45, 7) is 3.71. The van der Waals surface area contributed by atoms with E-state index < -0.39 is 0 Å². The van der Waals surface area contributed by atoms with E-state index in [2.05, 4.69) is 20.3 Å². The molecule has 0 spiro atoms. The number of hydrogen-bond donors (Lipinski definition) is 1. The van der Waals surface area contributed by atoms with E-state index in [1.165, 1.54) is 12.6 Å². The second-order valence-corrected chi connectivity index (χ2v) is 4.29. The summed E-state index contributed by atoms with van der Waals surface area (Å²) in [6.07, 6.45) is 7.81. The van der Waals surface area contributed by atoms with E-state index in [1.807, 2.05) is 38.1 Å². The van der Waals surface area contributed by atoms with Gasteiger partial charge in [0.25, 0.3) is 5.91 Å². The first kappa shape index (κ1) is 14.6. The zero-order valence-electron chi connectivity index (χ0n) is 11.9. The minimum absolute atomic E-state index is 0.172. The Kier molecular flexibility index (Phi) is 4.98. The summed E-state index contributed by atoms with van der Waals surface area (Å²) >= 11 is 0. The van der Waals surface area contributed by atoms with Crippen molar-refractivity contribution in [3.8, 4) is 0 Å². The van der Waals surface area contributed by atoms with Gasteiger partial charge in [-0.2, -0.15) is 0 Å². The minimum Gasteiger partial charge on any atom is -0.438 e. The van der Waals surface area contributed by atoms with Gasteiger partial charge in [-0.25, -0.2) is 4.98 Å². The Morgan fingerprint density at radius 3 is 2.95 bits per heavy atom. The molecule has 2 aromatic rings. The van der Waals surface area contributed by atoms with Crippen molar-refractivity contribution < 1.29 is 9.21 Å². The fourth-order valence-corrected chi connectivity index (χ4v) is 1.64. The summed E-state index contributed by atoms with van der Waals surface area (Å²) in [5.41, 5.74) is 1.53. The van der Waals surface area contributed by atoms with Crippen LogP contribution < -0.4 is 5.32 Å². The van der Waals surface area contributed by atoms with Gasteiger partial charge in [-0.15, -0.1) is 0 Å². The van der Waals surface area contributed by atoms with Crippen molar-refractivity contribution in [2.45, 2.75) is 19.9 Å². The largest absolute Gasteiger partial charge is 0.438 e. The molecule has 0 aromatic carbocycles. The van der Waals surface area contributed by atoms with Crippen LogP contribution in [0.3, 0.4) is 0 Å². The molecule has 0 aliphatic rings. The van der Waals surface area contributed by atoms with Crippen molar-refractivity contribution >= 4 is 17.8 Å². The van der Waals surface area contributed by atoms with Gasteiger partial charge in [-0.3, -0.25) is 14.8 Å². The van der Waals surface area contributed by atoms with Crippen LogP contribution in [0, 0.1) is 0 Å². The fourth-order valence-electron chi connectivity index (χ4n) is 1.64. The number of carbonyl (C=O) groups excluding carboxylic acids is 1. The van der Waals surface area contributed by atoms with Crippen LogP contribution >= 0.6 is 0 Å². The molecule has 0 aliphatic heterocycles. The fraction of sp³-hybridized carbons (Fsp3) is 0.200. The number of allylic oxidation sites excluding steroid dienone is 1. The van der Waals surface area contributed by atoms with Gasteiger partial charge in [0.1, 0.15) is 0 Å². The third kappa shape index (κ3) is 4.10. The Morgan fingerprint density at radius 2 is 2.33 bits per heavy atom. The lowest BCUT2D eigenvalue weighted by molar-refractivity contribution is 0.0922. The van der Waals surface area contributed by atoms with Crippen molar-refractivity contribution in [3.63, 3.8) is 0 Å². The van der Waals surface area contributed by atoms with Gasteiger partial charge in [0.15, 0.2) is 6.39 Å². The molecule has 2 aromatic heterocycles. The number of rotatable bonds is 5. The van der Waals surface area contributed by atoms with Crippen LogP contribution in [0.2, 0.25) is 0 Å². The van der Waals surface area contributed by atoms with Crippen molar-refractivity contribution in [1.29, 1.82) is 0 Å². The molecule has 108 valence electrons. The number of nitrogens with zero attached hydrogens (tertiary/aromatic N) is 3. The number of nitrogens with one attached hydrogen (secondary N) is 1. The third-order valence-corrected chi connectivity index (χ3v) is 2.65. The molecule has 2 heterocycles. The van der Waals surface area contributed by atoms with Crippen molar-refractivity contribution in [1.82, 2.24) is 15.3 Å². The molecule has 0 aliphatic carbocycles. The van der Waals surface area contributed by atoms with E-state index in [4.69, 9.17) is 4.42 Å². The summed E-state index contributed by atoms with van der Waals surface area (Å²) < 4.78 is 4.92. The number of pyridine rings is 1. The number of carbonyl (C=O) groups is 1. The number of aromatic nitrogens is 2. The van der Waals surface area contributed by atoms with E-state index >= 15 is 0 Å². The van der Waals surface area contributed by atoms with Gasteiger partial charge < -0.3 is 9.73 Å². The predicted molar refractivity (Wildman–Crippen MR) is 79.8 cm³/mol. The lowest BCUT2D eigenvalue weighted by atomic mass is 10.2. The van der Waals surface area contributed by atoms with Crippen molar-refractivity contribution in [2.75, 3.05) is 0 Å². The van der Waals surface area contributed by atoms with Crippen LogP contribution in [0.5, 0.6) is 0 Å². The Balaban J connectivity index is 1.98. The Labute approximate surface area is 122 Å². The summed E-state index contributed by atoms with van der Waals surface area (Å²) in [4.78, 5) is 24.1. The first-order chi connectivity index (χ1) is 10.2. The van der Waals surface area contributed by atoms with Crippen LogP contribution in [0.15, 0.2) is 52.5 Å². The quantitative estimate of drug-likeness (QED) is 0.854. The summed E-state index contributed by atoms with van der Waals surface area (Å²) in [5, 5.41) is 2.74. The highest BCUT2D eigenvalue weighted by Crippen LogP contribution is 2.11. The van der Waals surface area contributed by atoms with Crippen molar-refractivity contribution in [2.24, 2.45) is 4.99 Å². The second-order valence-electron chi connectivity index (χ2n) is 4.29. The highest BCUT2D eigenvalue weighted by atomic mass is 16.3. The predicted octanol–water partition coefficient (Wildman–Crippen LogP) is 2.32. The zero-order valence-corrected chi connectivity index (χ0v) is 11.9. The SMILES string of the molecule is C/C=C(\N=CC(C)NC(=O)c1cnco1)c1ccccn1. The average molecular weight is 284 g/mol. The van der Waals surface area contributed by atoms with E-state index in [0.717, 1.165) is 11.4 Å². The van der Waals surface area contributed by atoms with Crippen LogP contribution in [0.1, 0.15) is 30.1 Å². The summed E-state index contributed by atoms with van der Waals surface area (Å²) in [6, 6.07) is 5.38. The maximum absolute atomic E-state index is 11.8. The molecule has 1 unspecified atom stereocenters. The maximum atomic E-state index is 11.8. The minimum atomic E-state index is -0.327. The topological polar surface area (TPSA) is 80.4 Å². The molecule has 0 saturated heterocycles. The molecule has 6 nitrogen and oxygen atoms in total. The normalized spacial score (nSPS) is 13.3. The van der Waals surface area contributed by atoms with E-state index in [0.29, 0.717) is 0 Å². The Morgan fingerprint density at radius 1 is 1.48 bits per heavy atom. The van der Waals surface area contributed by atoms with Gasteiger partial charge in [0, 0.05) is 12.4 Å². The highest BCUT2D eigenvalue weighted by Gasteiger charge is 2.11. The molecule has 0 fully saturated rings. The molecule has 1 atom stereocenters. The highest BCUT2D eigenvalue weighted by molar-refractivity contribution is 5.93. The first-order valence-electron chi connectivity index (χ1n) is 6.52. The molecule has 0 saturated carbocycles. The van der Waals surface area contributed by atoms with Crippen LogP contribution in [-0.4, -0.2) is 28.1 Å². The average Bonchev–Trinajstić information content (AvgIpc) is 3.03. The molecule has 0 radical (unpaired) electrons. The summed E-state index contributed by atoms with van der Waals surface area (Å²) in [7, 11) is 0. The molecule has 2 rings (SSSR count). The van der Waals surface area contributed by atoms with E-state index in [1.54, 1.807) is 12.4 Å². The monoisotopic (exact) mass is 284 g/mol. The van der Waals surface area contributed by atoms with Gasteiger partial charge in [-0.05, 0) is 26.0 Å². The molecule has 21 heavy (non-hydrogen) atoms. The van der Waals surface area contributed by atoms with E-state index in [-0.39, 0.29) is 17.7 Å². The molecule has 0 bridgehead atoms. The number of aliphatic imine (C=N–C) groups is 1. The maximum Gasteiger partial charge on any atom is 0.289 e. The molecular weight excluding hydrogens is 268 g/mol. The molecular formula is C15H16N4O2. The van der Waals surface area contributed by atoms with Crippen LogP contribution in [-0.2, 0) is 0 Å². The third-order valence-electron chi connectivity index (χ3n) is 2.65. The van der Waals surface area contributed by atoms with Crippen LogP contribution in [0.4, 0.5) is 0 Å². The smallest absolute Gasteiger partial charge is 0.289 e. The van der Waals surface area contributed by atoms with Gasteiger partial charge in [0.05, 0.1) is 23.6 Å². The molecule has 1 N–H and O–H groups in total. The molecule has 1 amide bonds. The Hall–Kier alpha value is -2.76. The van der Waals surface area contributed by atoms with Gasteiger partial charge in [0.2, 0.25) is 5.76 Å². The molecule has 6 heteroatoms. The number of oxazole rings is 1. The first-order valence-corrected chi connectivity index (χ1v) is 6.52. The lowest BCUT2D eigenvalue weighted by Gasteiger charge is -2.07. The van der Waals surface area contributed by atoms with E-state index in [9.17, 15) is 4.79 Å². The number of hydrogen-bond acceptors (Lipinski definition) is 5.